The number of anilines is 1. The van der Waals surface area contributed by atoms with Gasteiger partial charge in [0.05, 0.1) is 0 Å². The molecule has 1 aromatic carbocycles. The third-order valence-electron chi connectivity index (χ3n) is 2.77. The molecule has 0 heterocycles. The van der Waals surface area contributed by atoms with E-state index in [1.807, 2.05) is 0 Å². The van der Waals surface area contributed by atoms with Crippen molar-refractivity contribution in [2.75, 3.05) is 5.32 Å². The van der Waals surface area contributed by atoms with E-state index >= 15 is 0 Å². The Kier molecular flexibility index (Phi) is 3.82. The Morgan fingerprint density at radius 3 is 2.63 bits per heavy atom. The Morgan fingerprint density at radius 1 is 1.32 bits per heavy atom. The number of hydrogen-bond acceptors (Lipinski definition) is 2. The highest BCUT2D eigenvalue weighted by atomic mass is 19.4. The van der Waals surface area contributed by atoms with Gasteiger partial charge in [0.2, 0.25) is 0 Å². The van der Waals surface area contributed by atoms with Gasteiger partial charge in [0.25, 0.3) is 0 Å². The van der Waals surface area contributed by atoms with Crippen LogP contribution < -0.4 is 15.4 Å². The van der Waals surface area contributed by atoms with Gasteiger partial charge in [-0.3, -0.25) is 0 Å². The zero-order valence-electron chi connectivity index (χ0n) is 9.96. The molecule has 0 spiro atoms. The van der Waals surface area contributed by atoms with E-state index in [0.717, 1.165) is 25.3 Å². The second-order valence-corrected chi connectivity index (χ2v) is 4.30. The summed E-state index contributed by atoms with van der Waals surface area (Å²) in [5.41, 5.74) is 0.249. The Balaban J connectivity index is 1.92. The summed E-state index contributed by atoms with van der Waals surface area (Å²) in [5.74, 6) is -0.367. The number of rotatable bonds is 3. The topological polar surface area (TPSA) is 50.4 Å². The van der Waals surface area contributed by atoms with Gasteiger partial charge >= 0.3 is 12.4 Å². The van der Waals surface area contributed by atoms with Crippen molar-refractivity contribution in [2.24, 2.45) is 0 Å². The molecule has 0 bridgehead atoms. The fraction of sp³-hybridized carbons (Fsp3) is 0.417. The first-order chi connectivity index (χ1) is 8.92. The molecule has 1 fully saturated rings. The number of amides is 2. The van der Waals surface area contributed by atoms with Crippen molar-refractivity contribution >= 4 is 11.7 Å². The van der Waals surface area contributed by atoms with Crippen LogP contribution in [0.15, 0.2) is 24.3 Å². The number of carbonyl (C=O) groups excluding carboxylic acids is 1. The fourth-order valence-electron chi connectivity index (χ4n) is 1.68. The van der Waals surface area contributed by atoms with Crippen molar-refractivity contribution in [1.29, 1.82) is 0 Å². The number of carbonyl (C=O) groups is 1. The molecule has 4 nitrogen and oxygen atoms in total. The summed E-state index contributed by atoms with van der Waals surface area (Å²) < 4.78 is 39.9. The van der Waals surface area contributed by atoms with Crippen molar-refractivity contribution in [3.05, 3.63) is 24.3 Å². The number of ether oxygens (including phenoxy) is 1. The highest BCUT2D eigenvalue weighted by Crippen LogP contribution is 2.25. The molecule has 2 rings (SSSR count). The van der Waals surface area contributed by atoms with Crippen LogP contribution in [-0.2, 0) is 0 Å². The number of benzene rings is 1. The van der Waals surface area contributed by atoms with Gasteiger partial charge in [0, 0.05) is 17.8 Å². The molecule has 0 atom stereocenters. The number of hydrogen-bond donors (Lipinski definition) is 2. The summed E-state index contributed by atoms with van der Waals surface area (Å²) in [6, 6.07) is 4.89. The zero-order chi connectivity index (χ0) is 13.9. The summed E-state index contributed by atoms with van der Waals surface area (Å²) in [4.78, 5) is 11.5. The van der Waals surface area contributed by atoms with Crippen LogP contribution in [-0.4, -0.2) is 18.4 Å². The normalized spacial score (nSPS) is 15.5. The molecular formula is C12H13F3N2O2. The van der Waals surface area contributed by atoms with Crippen LogP contribution in [0.4, 0.5) is 23.7 Å². The van der Waals surface area contributed by atoms with Crippen LogP contribution in [0.1, 0.15) is 19.3 Å². The quantitative estimate of drug-likeness (QED) is 0.888. The lowest BCUT2D eigenvalue weighted by Gasteiger charge is -2.26. The van der Waals surface area contributed by atoms with Crippen molar-refractivity contribution in [1.82, 2.24) is 5.32 Å². The van der Waals surface area contributed by atoms with Crippen LogP contribution in [0.25, 0.3) is 0 Å². The molecular weight excluding hydrogens is 261 g/mol. The molecule has 0 radical (unpaired) electrons. The molecule has 104 valence electrons. The first kappa shape index (κ1) is 13.5. The zero-order valence-corrected chi connectivity index (χ0v) is 9.96. The molecule has 0 unspecified atom stereocenters. The number of nitrogens with one attached hydrogen (secondary N) is 2. The maximum Gasteiger partial charge on any atom is 0.573 e. The SMILES string of the molecule is O=C(Nc1cccc(OC(F)(F)F)c1)NC1CCC1. The monoisotopic (exact) mass is 274 g/mol. The average Bonchev–Trinajstić information content (AvgIpc) is 2.21. The van der Waals surface area contributed by atoms with Gasteiger partial charge in [-0.05, 0) is 31.4 Å². The molecule has 0 aromatic heterocycles. The Labute approximate surface area is 107 Å². The van der Waals surface area contributed by atoms with Gasteiger partial charge in [-0.15, -0.1) is 13.2 Å². The smallest absolute Gasteiger partial charge is 0.406 e. The molecule has 1 aliphatic rings. The van der Waals surface area contributed by atoms with Crippen LogP contribution in [0.3, 0.4) is 0 Å². The average molecular weight is 274 g/mol. The second-order valence-electron chi connectivity index (χ2n) is 4.30. The van der Waals surface area contributed by atoms with Crippen molar-refractivity contribution < 1.29 is 22.7 Å². The predicted molar refractivity (Wildman–Crippen MR) is 62.9 cm³/mol. The lowest BCUT2D eigenvalue weighted by atomic mass is 9.93. The predicted octanol–water partition coefficient (Wildman–Crippen LogP) is 3.26. The minimum absolute atomic E-state index is 0.162. The van der Waals surface area contributed by atoms with E-state index in [9.17, 15) is 18.0 Å². The Bertz CT molecular complexity index is 459. The summed E-state index contributed by atoms with van der Waals surface area (Å²) in [5, 5.41) is 5.19. The third-order valence-corrected chi connectivity index (χ3v) is 2.77. The largest absolute Gasteiger partial charge is 0.573 e. The van der Waals surface area contributed by atoms with Crippen molar-refractivity contribution in [3.8, 4) is 5.75 Å². The lowest BCUT2D eigenvalue weighted by molar-refractivity contribution is -0.274. The van der Waals surface area contributed by atoms with Gasteiger partial charge in [0.1, 0.15) is 5.75 Å². The van der Waals surface area contributed by atoms with Gasteiger partial charge in [-0.2, -0.15) is 0 Å². The molecule has 2 N–H and O–H groups in total. The molecule has 0 saturated heterocycles. The highest BCUT2D eigenvalue weighted by Gasteiger charge is 2.31. The van der Waals surface area contributed by atoms with E-state index in [1.165, 1.54) is 18.2 Å². The maximum absolute atomic E-state index is 12.0. The van der Waals surface area contributed by atoms with Gasteiger partial charge < -0.3 is 15.4 Å². The number of urea groups is 1. The molecule has 1 aliphatic carbocycles. The summed E-state index contributed by atoms with van der Waals surface area (Å²) >= 11 is 0. The van der Waals surface area contributed by atoms with E-state index in [4.69, 9.17) is 0 Å². The molecule has 0 aliphatic heterocycles. The van der Waals surface area contributed by atoms with Crippen LogP contribution in [0.2, 0.25) is 0 Å². The molecule has 19 heavy (non-hydrogen) atoms. The van der Waals surface area contributed by atoms with Gasteiger partial charge in [0.15, 0.2) is 0 Å². The minimum Gasteiger partial charge on any atom is -0.406 e. The Morgan fingerprint density at radius 2 is 2.05 bits per heavy atom. The van der Waals surface area contributed by atoms with Crippen LogP contribution in [0.5, 0.6) is 5.75 Å². The first-order valence-electron chi connectivity index (χ1n) is 5.86. The van der Waals surface area contributed by atoms with E-state index in [0.29, 0.717) is 0 Å². The van der Waals surface area contributed by atoms with Crippen molar-refractivity contribution in [2.45, 2.75) is 31.7 Å². The molecule has 1 aromatic rings. The standard InChI is InChI=1S/C12H13F3N2O2/c13-12(14,15)19-10-6-2-5-9(7-10)17-11(18)16-8-3-1-4-8/h2,5-8H,1,3-4H2,(H2,16,17,18). The fourth-order valence-corrected chi connectivity index (χ4v) is 1.68. The lowest BCUT2D eigenvalue weighted by Crippen LogP contribution is -2.41. The molecule has 7 heteroatoms. The van der Waals surface area contributed by atoms with E-state index < -0.39 is 12.4 Å². The van der Waals surface area contributed by atoms with Crippen molar-refractivity contribution in [3.63, 3.8) is 0 Å². The summed E-state index contributed by atoms with van der Waals surface area (Å²) in [6.07, 6.45) is -1.79. The molecule has 1 saturated carbocycles. The Hall–Kier alpha value is -1.92. The highest BCUT2D eigenvalue weighted by molar-refractivity contribution is 5.89. The van der Waals surface area contributed by atoms with Gasteiger partial charge in [-0.1, -0.05) is 6.07 Å². The van der Waals surface area contributed by atoms with Crippen LogP contribution in [0, 0.1) is 0 Å². The summed E-state index contributed by atoms with van der Waals surface area (Å²) in [7, 11) is 0. The second kappa shape index (κ2) is 5.38. The van der Waals surface area contributed by atoms with E-state index in [2.05, 4.69) is 15.4 Å². The summed E-state index contributed by atoms with van der Waals surface area (Å²) in [6.45, 7) is 0. The van der Waals surface area contributed by atoms with E-state index in [-0.39, 0.29) is 17.5 Å². The van der Waals surface area contributed by atoms with E-state index in [1.54, 1.807) is 0 Å². The third kappa shape index (κ3) is 4.35. The minimum atomic E-state index is -4.74. The van der Waals surface area contributed by atoms with Gasteiger partial charge in [-0.25, -0.2) is 4.79 Å². The first-order valence-corrected chi connectivity index (χ1v) is 5.86. The maximum atomic E-state index is 12.0. The molecule has 2 amide bonds. The van der Waals surface area contributed by atoms with Crippen LogP contribution >= 0.6 is 0 Å². The number of halogens is 3. The number of alkyl halides is 3.